The lowest BCUT2D eigenvalue weighted by molar-refractivity contribution is -0.384. The minimum absolute atomic E-state index is 0.0448. The Bertz CT molecular complexity index is 494. The third-order valence-corrected chi connectivity index (χ3v) is 4.88. The minimum Gasteiger partial charge on any atom is -0.361 e. The van der Waals surface area contributed by atoms with Crippen LogP contribution >= 0.6 is 7.60 Å². The highest BCUT2D eigenvalue weighted by Gasteiger charge is 2.37. The van der Waals surface area contributed by atoms with E-state index in [-0.39, 0.29) is 18.9 Å². The first kappa shape index (κ1) is 17.8. The highest BCUT2D eigenvalue weighted by molar-refractivity contribution is 7.54. The maximum atomic E-state index is 12.8. The van der Waals surface area contributed by atoms with Crippen LogP contribution in [0.15, 0.2) is 24.3 Å². The first-order valence-corrected chi connectivity index (χ1v) is 8.34. The van der Waals surface area contributed by atoms with Crippen molar-refractivity contribution in [3.8, 4) is 0 Å². The van der Waals surface area contributed by atoms with E-state index in [1.54, 1.807) is 20.8 Å². The second-order valence-corrected chi connectivity index (χ2v) is 6.10. The summed E-state index contributed by atoms with van der Waals surface area (Å²) in [6.45, 7) is 5.93. The molecule has 0 aliphatic carbocycles. The highest BCUT2D eigenvalue weighted by Crippen LogP contribution is 2.61. The van der Waals surface area contributed by atoms with E-state index in [1.807, 2.05) is 0 Å². The van der Waals surface area contributed by atoms with Gasteiger partial charge in [0.1, 0.15) is 0 Å². The van der Waals surface area contributed by atoms with E-state index in [0.29, 0.717) is 12.2 Å². The first-order chi connectivity index (χ1) is 9.98. The number of benzene rings is 1. The molecule has 1 aromatic rings. The maximum absolute atomic E-state index is 12.8. The molecule has 0 bridgehead atoms. The van der Waals surface area contributed by atoms with Crippen molar-refractivity contribution in [3.63, 3.8) is 0 Å². The van der Waals surface area contributed by atoms with Crippen molar-refractivity contribution in [3.05, 3.63) is 39.9 Å². The van der Waals surface area contributed by atoms with E-state index in [1.165, 1.54) is 24.3 Å². The molecule has 0 radical (unpaired) electrons. The van der Waals surface area contributed by atoms with Crippen molar-refractivity contribution in [2.45, 2.75) is 26.6 Å². The van der Waals surface area contributed by atoms with Gasteiger partial charge in [0.25, 0.3) is 5.69 Å². The molecule has 0 saturated heterocycles. The summed E-state index contributed by atoms with van der Waals surface area (Å²) in [5.41, 5.74) is 0.476. The Morgan fingerprint density at radius 2 is 1.62 bits per heavy atom. The summed E-state index contributed by atoms with van der Waals surface area (Å²) in [5.74, 6) is -0.900. The monoisotopic (exact) mass is 317 g/mol. The summed E-state index contributed by atoms with van der Waals surface area (Å²) in [4.78, 5) is 10.2. The van der Waals surface area contributed by atoms with E-state index in [0.717, 1.165) is 0 Å². The van der Waals surface area contributed by atoms with Gasteiger partial charge in [-0.3, -0.25) is 14.7 Å². The summed E-state index contributed by atoms with van der Waals surface area (Å²) in [5, 5.41) is 10.7. The Labute approximate surface area is 123 Å². The van der Waals surface area contributed by atoms with Crippen molar-refractivity contribution in [1.29, 1.82) is 0 Å². The van der Waals surface area contributed by atoms with E-state index < -0.39 is 18.4 Å². The number of hydrogen-bond acceptors (Lipinski definition) is 6. The fourth-order valence-electron chi connectivity index (χ4n) is 1.82. The lowest BCUT2D eigenvalue weighted by Gasteiger charge is -2.26. The maximum Gasteiger partial charge on any atom is 0.363 e. The summed E-state index contributed by atoms with van der Waals surface area (Å²) < 4.78 is 28.9. The van der Waals surface area contributed by atoms with Crippen molar-refractivity contribution in [1.82, 2.24) is 0 Å². The molecule has 0 N–H and O–H groups in total. The molecule has 0 amide bonds. The number of hydrogen-bond donors (Lipinski definition) is 0. The molecule has 1 unspecified atom stereocenters. The van der Waals surface area contributed by atoms with Crippen LogP contribution < -0.4 is 0 Å². The molecule has 118 valence electrons. The molecule has 1 aromatic carbocycles. The normalized spacial score (nSPS) is 13.1. The van der Waals surface area contributed by atoms with Gasteiger partial charge < -0.3 is 13.8 Å². The quantitative estimate of drug-likeness (QED) is 0.390. The topological polar surface area (TPSA) is 87.9 Å². The lowest BCUT2D eigenvalue weighted by Crippen LogP contribution is -2.10. The Morgan fingerprint density at radius 1 is 1.10 bits per heavy atom. The molecule has 0 aliphatic rings. The fourth-order valence-corrected chi connectivity index (χ4v) is 3.76. The number of ether oxygens (including phenoxy) is 1. The van der Waals surface area contributed by atoms with Gasteiger partial charge in [-0.25, -0.2) is 0 Å². The predicted molar refractivity (Wildman–Crippen MR) is 78.3 cm³/mol. The van der Waals surface area contributed by atoms with Crippen LogP contribution in [0.3, 0.4) is 0 Å². The molecule has 0 fully saturated rings. The average molecular weight is 317 g/mol. The largest absolute Gasteiger partial charge is 0.363 e. The van der Waals surface area contributed by atoms with Crippen LogP contribution in [0.2, 0.25) is 0 Å². The predicted octanol–water partition coefficient (Wildman–Crippen LogP) is 3.90. The molecule has 0 aliphatic heterocycles. The summed E-state index contributed by atoms with van der Waals surface area (Å²) in [7, 11) is -3.50. The molecular formula is C13H20NO6P. The smallest absolute Gasteiger partial charge is 0.361 e. The molecule has 21 heavy (non-hydrogen) atoms. The molecule has 0 spiro atoms. The van der Waals surface area contributed by atoms with E-state index in [2.05, 4.69) is 0 Å². The molecular weight excluding hydrogens is 297 g/mol. The molecule has 1 atom stereocenters. The Morgan fingerprint density at radius 3 is 2.00 bits per heavy atom. The Hall–Kier alpha value is -1.27. The van der Waals surface area contributed by atoms with E-state index in [9.17, 15) is 14.7 Å². The van der Waals surface area contributed by atoms with Crippen molar-refractivity contribution in [2.75, 3.05) is 19.8 Å². The van der Waals surface area contributed by atoms with Crippen LogP contribution in [0.4, 0.5) is 5.69 Å². The van der Waals surface area contributed by atoms with Crippen LogP contribution in [0, 0.1) is 10.1 Å². The second kappa shape index (κ2) is 8.24. The zero-order valence-electron chi connectivity index (χ0n) is 12.4. The molecule has 7 nitrogen and oxygen atoms in total. The van der Waals surface area contributed by atoms with Gasteiger partial charge in [0.05, 0.1) is 18.1 Å². The zero-order chi connectivity index (χ0) is 15.9. The third kappa shape index (κ3) is 4.61. The van der Waals surface area contributed by atoms with Crippen LogP contribution in [-0.2, 0) is 18.3 Å². The summed E-state index contributed by atoms with van der Waals surface area (Å²) >= 11 is 0. The fraction of sp³-hybridized carbons (Fsp3) is 0.538. The van der Waals surface area contributed by atoms with Gasteiger partial charge in [-0.2, -0.15) is 0 Å². The molecule has 0 aromatic heterocycles. The van der Waals surface area contributed by atoms with Gasteiger partial charge in [0, 0.05) is 18.7 Å². The number of non-ortho nitro benzene ring substituents is 1. The van der Waals surface area contributed by atoms with Gasteiger partial charge in [-0.1, -0.05) is 0 Å². The zero-order valence-corrected chi connectivity index (χ0v) is 13.2. The van der Waals surface area contributed by atoms with E-state index >= 15 is 0 Å². The Kier molecular flexibility index (Phi) is 6.98. The van der Waals surface area contributed by atoms with Crippen LogP contribution in [0.5, 0.6) is 0 Å². The molecule has 1 rings (SSSR count). The van der Waals surface area contributed by atoms with Gasteiger partial charge in [0.15, 0.2) is 5.85 Å². The number of nitro groups is 1. The van der Waals surface area contributed by atoms with E-state index in [4.69, 9.17) is 13.8 Å². The first-order valence-electron chi connectivity index (χ1n) is 6.73. The number of rotatable bonds is 9. The summed E-state index contributed by atoms with van der Waals surface area (Å²) in [6, 6.07) is 5.68. The molecule has 8 heteroatoms. The van der Waals surface area contributed by atoms with Gasteiger partial charge in [-0.05, 0) is 38.5 Å². The van der Waals surface area contributed by atoms with Crippen molar-refractivity contribution < 1.29 is 23.3 Å². The lowest BCUT2D eigenvalue weighted by atomic mass is 10.2. The van der Waals surface area contributed by atoms with Crippen molar-refractivity contribution >= 4 is 13.3 Å². The minimum atomic E-state index is -3.50. The average Bonchev–Trinajstić information content (AvgIpc) is 2.45. The highest BCUT2D eigenvalue weighted by atomic mass is 31.2. The van der Waals surface area contributed by atoms with Crippen LogP contribution in [0.25, 0.3) is 0 Å². The van der Waals surface area contributed by atoms with Crippen LogP contribution in [-0.4, -0.2) is 24.7 Å². The van der Waals surface area contributed by atoms with Gasteiger partial charge in [-0.15, -0.1) is 0 Å². The standard InChI is InChI=1S/C13H20NO6P/c1-4-18-13(21(17,19-5-2)20-6-3)11-7-9-12(10-8-11)14(15)16/h7-10,13H,4-6H2,1-3H3. The SMILES string of the molecule is CCOC(c1ccc([N+](=O)[O-])cc1)P(=O)(OCC)OCC. The van der Waals surface area contributed by atoms with Crippen molar-refractivity contribution in [2.24, 2.45) is 0 Å². The third-order valence-electron chi connectivity index (χ3n) is 2.62. The Balaban J connectivity index is 3.14. The number of nitro benzene ring substituents is 1. The van der Waals surface area contributed by atoms with Gasteiger partial charge in [0.2, 0.25) is 0 Å². The molecule has 0 saturated carbocycles. The summed E-state index contributed by atoms with van der Waals surface area (Å²) in [6.07, 6.45) is 0. The number of nitrogens with zero attached hydrogens (tertiary/aromatic N) is 1. The van der Waals surface area contributed by atoms with Gasteiger partial charge >= 0.3 is 7.60 Å². The molecule has 0 heterocycles. The van der Waals surface area contributed by atoms with Crippen LogP contribution in [0.1, 0.15) is 32.2 Å². The second-order valence-electron chi connectivity index (χ2n) is 4.03.